The molecule has 0 nitrogen and oxygen atoms in total. The molecule has 0 amide bonds. The van der Waals surface area contributed by atoms with Gasteiger partial charge >= 0.3 is 0 Å². The minimum Gasteiger partial charge on any atom is -0.0826 e. The van der Waals surface area contributed by atoms with Crippen molar-refractivity contribution in [2.75, 3.05) is 0 Å². The number of alkyl halides is 1. The van der Waals surface area contributed by atoms with E-state index in [1.54, 1.807) is 0 Å². The van der Waals surface area contributed by atoms with E-state index in [9.17, 15) is 0 Å². The van der Waals surface area contributed by atoms with E-state index >= 15 is 0 Å². The topological polar surface area (TPSA) is 0 Å². The van der Waals surface area contributed by atoms with Gasteiger partial charge in [-0.15, -0.1) is 0 Å². The van der Waals surface area contributed by atoms with Crippen molar-refractivity contribution in [2.45, 2.75) is 9.84 Å². The summed E-state index contributed by atoms with van der Waals surface area (Å²) in [5, 5.41) is 0. The number of rotatable bonds is 1. The van der Waals surface area contributed by atoms with Crippen molar-refractivity contribution in [1.82, 2.24) is 0 Å². The highest BCUT2D eigenvalue weighted by Crippen LogP contribution is 2.38. The molecular formula is C12H11I. The van der Waals surface area contributed by atoms with Gasteiger partial charge in [-0.3, -0.25) is 0 Å². The third-order valence-electron chi connectivity index (χ3n) is 2.28. The van der Waals surface area contributed by atoms with Crippen LogP contribution in [0.3, 0.4) is 0 Å². The zero-order valence-corrected chi connectivity index (χ0v) is 9.44. The van der Waals surface area contributed by atoms with Crippen LogP contribution in [0.4, 0.5) is 0 Å². The molecule has 0 N–H and O–H groups in total. The first-order valence-corrected chi connectivity index (χ1v) is 5.48. The molecule has 1 aromatic rings. The Kier molecular flexibility index (Phi) is 2.54. The Labute approximate surface area is 92.5 Å². The predicted molar refractivity (Wildman–Crippen MR) is 65.0 cm³/mol. The zero-order valence-electron chi connectivity index (χ0n) is 7.28. The lowest BCUT2D eigenvalue weighted by molar-refractivity contribution is 0.818. The smallest absolute Gasteiger partial charge is 0.0687 e. The standard InChI is InChI=1S/C12H11I/c13-12(9-5-2-6-10-12)11-7-3-1-4-8-11/h1-9H,10H2. The van der Waals surface area contributed by atoms with Gasteiger partial charge in [0.15, 0.2) is 0 Å². The SMILES string of the molecule is IC1(c2ccccc2)C=CC=CC1. The zero-order chi connectivity index (χ0) is 9.15. The van der Waals surface area contributed by atoms with Crippen LogP contribution in [-0.2, 0) is 3.42 Å². The molecule has 0 aromatic heterocycles. The molecule has 0 radical (unpaired) electrons. The number of halogens is 1. The van der Waals surface area contributed by atoms with Crippen LogP contribution in [0.5, 0.6) is 0 Å². The van der Waals surface area contributed by atoms with Crippen molar-refractivity contribution in [1.29, 1.82) is 0 Å². The fourth-order valence-corrected chi connectivity index (χ4v) is 2.34. The fraction of sp³-hybridized carbons (Fsp3) is 0.167. The fourth-order valence-electron chi connectivity index (χ4n) is 1.52. The van der Waals surface area contributed by atoms with Gasteiger partial charge in [0.25, 0.3) is 0 Å². The highest BCUT2D eigenvalue weighted by molar-refractivity contribution is 14.1. The van der Waals surface area contributed by atoms with Crippen molar-refractivity contribution in [2.24, 2.45) is 0 Å². The van der Waals surface area contributed by atoms with Gasteiger partial charge in [-0.1, -0.05) is 77.2 Å². The Hall–Kier alpha value is -0.570. The summed E-state index contributed by atoms with van der Waals surface area (Å²) >= 11 is 2.52. The first-order valence-electron chi connectivity index (χ1n) is 4.40. The minimum atomic E-state index is 0.174. The molecule has 1 heteroatoms. The van der Waals surface area contributed by atoms with E-state index in [0.717, 1.165) is 6.42 Å². The number of benzene rings is 1. The monoisotopic (exact) mass is 282 g/mol. The van der Waals surface area contributed by atoms with Crippen LogP contribution in [0, 0.1) is 0 Å². The number of allylic oxidation sites excluding steroid dienone is 4. The molecule has 2 rings (SSSR count). The summed E-state index contributed by atoms with van der Waals surface area (Å²) in [5.41, 5.74) is 1.39. The Morgan fingerprint density at radius 2 is 1.85 bits per heavy atom. The summed E-state index contributed by atoms with van der Waals surface area (Å²) < 4.78 is 0.174. The molecule has 0 fully saturated rings. The van der Waals surface area contributed by atoms with E-state index in [2.05, 4.69) is 77.2 Å². The van der Waals surface area contributed by atoms with Crippen molar-refractivity contribution < 1.29 is 0 Å². The molecule has 0 aliphatic heterocycles. The lowest BCUT2D eigenvalue weighted by atomic mass is 9.93. The van der Waals surface area contributed by atoms with Gasteiger partial charge in [-0.2, -0.15) is 0 Å². The van der Waals surface area contributed by atoms with E-state index in [4.69, 9.17) is 0 Å². The van der Waals surface area contributed by atoms with Gasteiger partial charge in [0.1, 0.15) is 0 Å². The Balaban J connectivity index is 2.35. The van der Waals surface area contributed by atoms with Crippen molar-refractivity contribution >= 4 is 22.6 Å². The van der Waals surface area contributed by atoms with Crippen molar-refractivity contribution in [3.8, 4) is 0 Å². The lowest BCUT2D eigenvalue weighted by Gasteiger charge is -2.24. The quantitative estimate of drug-likeness (QED) is 0.542. The first kappa shape index (κ1) is 9.00. The maximum atomic E-state index is 2.52. The van der Waals surface area contributed by atoms with Gasteiger partial charge in [-0.05, 0) is 12.0 Å². The van der Waals surface area contributed by atoms with Gasteiger partial charge in [0.05, 0.1) is 3.42 Å². The molecule has 13 heavy (non-hydrogen) atoms. The van der Waals surface area contributed by atoms with E-state index < -0.39 is 0 Å². The molecule has 1 aromatic carbocycles. The van der Waals surface area contributed by atoms with Gasteiger partial charge in [0.2, 0.25) is 0 Å². The van der Waals surface area contributed by atoms with E-state index in [-0.39, 0.29) is 3.42 Å². The Morgan fingerprint density at radius 1 is 1.08 bits per heavy atom. The van der Waals surface area contributed by atoms with E-state index in [0.29, 0.717) is 0 Å². The lowest BCUT2D eigenvalue weighted by Crippen LogP contribution is -2.14. The average molecular weight is 282 g/mol. The first-order chi connectivity index (χ1) is 6.31. The average Bonchev–Trinajstić information content (AvgIpc) is 2.20. The van der Waals surface area contributed by atoms with Crippen molar-refractivity contribution in [3.63, 3.8) is 0 Å². The summed E-state index contributed by atoms with van der Waals surface area (Å²) in [5.74, 6) is 0. The summed E-state index contributed by atoms with van der Waals surface area (Å²) in [6.07, 6.45) is 9.82. The second-order valence-electron chi connectivity index (χ2n) is 3.22. The summed E-state index contributed by atoms with van der Waals surface area (Å²) in [4.78, 5) is 0. The maximum absolute atomic E-state index is 2.52. The van der Waals surface area contributed by atoms with Gasteiger partial charge in [0, 0.05) is 0 Å². The van der Waals surface area contributed by atoms with E-state index in [1.807, 2.05) is 0 Å². The van der Waals surface area contributed by atoms with Crippen LogP contribution in [-0.4, -0.2) is 0 Å². The molecule has 0 saturated heterocycles. The number of hydrogen-bond acceptors (Lipinski definition) is 0. The Morgan fingerprint density at radius 3 is 2.46 bits per heavy atom. The third kappa shape index (κ3) is 1.85. The van der Waals surface area contributed by atoms with Crippen LogP contribution in [0.2, 0.25) is 0 Å². The largest absolute Gasteiger partial charge is 0.0826 e. The van der Waals surface area contributed by atoms with Crippen molar-refractivity contribution in [3.05, 3.63) is 60.2 Å². The van der Waals surface area contributed by atoms with Crippen LogP contribution < -0.4 is 0 Å². The van der Waals surface area contributed by atoms with Crippen LogP contribution in [0.25, 0.3) is 0 Å². The molecule has 0 bridgehead atoms. The molecule has 66 valence electrons. The van der Waals surface area contributed by atoms with Crippen LogP contribution in [0.15, 0.2) is 54.6 Å². The summed E-state index contributed by atoms with van der Waals surface area (Å²) in [6.45, 7) is 0. The Bertz CT molecular complexity index is 337. The van der Waals surface area contributed by atoms with Gasteiger partial charge < -0.3 is 0 Å². The molecule has 1 aliphatic carbocycles. The molecule has 1 unspecified atom stereocenters. The van der Waals surface area contributed by atoms with Gasteiger partial charge in [-0.25, -0.2) is 0 Å². The predicted octanol–water partition coefficient (Wildman–Crippen LogP) is 3.83. The second-order valence-corrected chi connectivity index (χ2v) is 5.14. The molecule has 0 spiro atoms. The molecule has 0 saturated carbocycles. The molecule has 0 heterocycles. The summed E-state index contributed by atoms with van der Waals surface area (Å²) in [6, 6.07) is 10.6. The maximum Gasteiger partial charge on any atom is 0.0687 e. The summed E-state index contributed by atoms with van der Waals surface area (Å²) in [7, 11) is 0. The normalized spacial score (nSPS) is 26.2. The second kappa shape index (κ2) is 3.66. The highest BCUT2D eigenvalue weighted by Gasteiger charge is 2.24. The molecule has 1 atom stereocenters. The molecule has 1 aliphatic rings. The number of hydrogen-bond donors (Lipinski definition) is 0. The third-order valence-corrected chi connectivity index (χ3v) is 3.70. The molecular weight excluding hydrogens is 271 g/mol. The van der Waals surface area contributed by atoms with Crippen LogP contribution >= 0.6 is 22.6 Å². The van der Waals surface area contributed by atoms with E-state index in [1.165, 1.54) is 5.56 Å². The minimum absolute atomic E-state index is 0.174. The van der Waals surface area contributed by atoms with Crippen LogP contribution in [0.1, 0.15) is 12.0 Å². The highest BCUT2D eigenvalue weighted by atomic mass is 127.